The summed E-state index contributed by atoms with van der Waals surface area (Å²) in [6, 6.07) is 2.15. The van der Waals surface area contributed by atoms with Crippen LogP contribution in [0.5, 0.6) is 0 Å². The maximum absolute atomic E-state index is 13.4. The molecule has 0 aliphatic rings. The summed E-state index contributed by atoms with van der Waals surface area (Å²) in [6.07, 6.45) is 0. The molecule has 1 aromatic carbocycles. The van der Waals surface area contributed by atoms with Crippen molar-refractivity contribution in [1.29, 1.82) is 0 Å². The van der Waals surface area contributed by atoms with E-state index in [0.29, 0.717) is 23.3 Å². The molecule has 0 fully saturated rings. The number of nitrogens with two attached hydrogens (primary N) is 1. The average molecular weight is 281 g/mol. The largest absolute Gasteiger partial charge is 0.394 e. The van der Waals surface area contributed by atoms with Crippen LogP contribution >= 0.6 is 0 Å². The summed E-state index contributed by atoms with van der Waals surface area (Å²) < 4.78 is 27.5. The number of halogens is 2. The van der Waals surface area contributed by atoms with E-state index in [1.54, 1.807) is 14.0 Å². The molecule has 0 radical (unpaired) electrons. The minimum Gasteiger partial charge on any atom is -0.394 e. The van der Waals surface area contributed by atoms with Gasteiger partial charge in [-0.15, -0.1) is 0 Å². The lowest BCUT2D eigenvalue weighted by atomic mass is 10.3. The SMILES string of the molecule is Cc1nn(C)c(NC(=O)Nc2ccc(F)cc2F)c1N. The van der Waals surface area contributed by atoms with Gasteiger partial charge in [-0.2, -0.15) is 5.10 Å². The van der Waals surface area contributed by atoms with Gasteiger partial charge in [0.2, 0.25) is 0 Å². The Morgan fingerprint density at radius 1 is 1.35 bits per heavy atom. The molecule has 8 heteroatoms. The van der Waals surface area contributed by atoms with E-state index < -0.39 is 17.7 Å². The Kier molecular flexibility index (Phi) is 3.55. The maximum Gasteiger partial charge on any atom is 0.324 e. The number of hydrogen-bond donors (Lipinski definition) is 3. The Bertz CT molecular complexity index is 668. The molecule has 0 saturated heterocycles. The zero-order valence-electron chi connectivity index (χ0n) is 10.9. The summed E-state index contributed by atoms with van der Waals surface area (Å²) >= 11 is 0. The average Bonchev–Trinajstić information content (AvgIpc) is 2.60. The van der Waals surface area contributed by atoms with Crippen LogP contribution in [0.2, 0.25) is 0 Å². The number of benzene rings is 1. The Balaban J connectivity index is 2.13. The molecule has 0 bridgehead atoms. The van der Waals surface area contributed by atoms with E-state index in [9.17, 15) is 13.6 Å². The number of carbonyl (C=O) groups is 1. The quantitative estimate of drug-likeness (QED) is 0.789. The van der Waals surface area contributed by atoms with Crippen molar-refractivity contribution >= 4 is 23.2 Å². The summed E-state index contributed by atoms with van der Waals surface area (Å²) in [5.41, 5.74) is 6.49. The summed E-state index contributed by atoms with van der Waals surface area (Å²) in [5.74, 6) is -1.29. The topological polar surface area (TPSA) is 85.0 Å². The lowest BCUT2D eigenvalue weighted by molar-refractivity contribution is 0.262. The monoisotopic (exact) mass is 281 g/mol. The van der Waals surface area contributed by atoms with Gasteiger partial charge in [0.1, 0.15) is 11.6 Å². The zero-order chi connectivity index (χ0) is 14.9. The van der Waals surface area contributed by atoms with Crippen LogP contribution in [0.15, 0.2) is 18.2 Å². The van der Waals surface area contributed by atoms with E-state index in [1.165, 1.54) is 4.68 Å². The van der Waals surface area contributed by atoms with Gasteiger partial charge in [-0.3, -0.25) is 10.00 Å². The van der Waals surface area contributed by atoms with Crippen LogP contribution in [-0.4, -0.2) is 15.8 Å². The van der Waals surface area contributed by atoms with Crippen LogP contribution in [0.4, 0.5) is 30.8 Å². The molecule has 1 heterocycles. The van der Waals surface area contributed by atoms with E-state index in [1.807, 2.05) is 0 Å². The molecule has 0 unspecified atom stereocenters. The number of nitrogen functional groups attached to an aromatic ring is 1. The number of nitrogens with zero attached hydrogens (tertiary/aromatic N) is 2. The lowest BCUT2D eigenvalue weighted by Gasteiger charge is -2.09. The number of aromatic nitrogens is 2. The van der Waals surface area contributed by atoms with Crippen LogP contribution in [0.25, 0.3) is 0 Å². The van der Waals surface area contributed by atoms with Gasteiger partial charge in [0, 0.05) is 13.1 Å². The fourth-order valence-corrected chi connectivity index (χ4v) is 1.67. The van der Waals surface area contributed by atoms with Gasteiger partial charge < -0.3 is 11.1 Å². The van der Waals surface area contributed by atoms with Crippen molar-refractivity contribution in [3.8, 4) is 0 Å². The summed E-state index contributed by atoms with van der Waals surface area (Å²) in [5, 5.41) is 8.74. The molecular weight excluding hydrogens is 268 g/mol. The third kappa shape index (κ3) is 2.68. The molecule has 1 aromatic heterocycles. The van der Waals surface area contributed by atoms with Crippen LogP contribution < -0.4 is 16.4 Å². The van der Waals surface area contributed by atoms with E-state index in [-0.39, 0.29) is 5.69 Å². The second-order valence-corrected chi connectivity index (χ2v) is 4.17. The number of rotatable bonds is 2. The number of anilines is 3. The summed E-state index contributed by atoms with van der Waals surface area (Å²) in [4.78, 5) is 11.8. The Morgan fingerprint density at radius 2 is 2.05 bits per heavy atom. The third-order valence-corrected chi connectivity index (χ3v) is 2.68. The van der Waals surface area contributed by atoms with Crippen LogP contribution in [-0.2, 0) is 7.05 Å². The Morgan fingerprint density at radius 3 is 2.60 bits per heavy atom. The van der Waals surface area contributed by atoms with Crippen LogP contribution in [0.3, 0.4) is 0 Å². The normalized spacial score (nSPS) is 10.4. The molecule has 0 atom stereocenters. The van der Waals surface area contributed by atoms with Gasteiger partial charge in [-0.1, -0.05) is 0 Å². The molecule has 2 aromatic rings. The molecule has 4 N–H and O–H groups in total. The number of carbonyl (C=O) groups excluding carboxylic acids is 1. The fourth-order valence-electron chi connectivity index (χ4n) is 1.67. The van der Waals surface area contributed by atoms with Crippen LogP contribution in [0, 0.1) is 18.6 Å². The lowest BCUT2D eigenvalue weighted by Crippen LogP contribution is -2.22. The van der Waals surface area contributed by atoms with E-state index >= 15 is 0 Å². The number of amides is 2. The highest BCUT2D eigenvalue weighted by Gasteiger charge is 2.14. The molecule has 0 saturated carbocycles. The molecule has 2 rings (SSSR count). The summed E-state index contributed by atoms with van der Waals surface area (Å²) in [6.45, 7) is 1.69. The van der Waals surface area contributed by atoms with Crippen molar-refractivity contribution in [1.82, 2.24) is 9.78 Å². The smallest absolute Gasteiger partial charge is 0.324 e. The predicted molar refractivity (Wildman–Crippen MR) is 71.4 cm³/mol. The number of urea groups is 1. The van der Waals surface area contributed by atoms with E-state index in [2.05, 4.69) is 15.7 Å². The maximum atomic E-state index is 13.4. The molecule has 0 spiro atoms. The molecule has 0 aliphatic heterocycles. The van der Waals surface area contributed by atoms with Crippen molar-refractivity contribution in [3.05, 3.63) is 35.5 Å². The minimum atomic E-state index is -0.866. The molecule has 6 nitrogen and oxygen atoms in total. The summed E-state index contributed by atoms with van der Waals surface area (Å²) in [7, 11) is 1.61. The highest BCUT2D eigenvalue weighted by molar-refractivity contribution is 6.01. The molecule has 20 heavy (non-hydrogen) atoms. The van der Waals surface area contributed by atoms with Crippen LogP contribution in [0.1, 0.15) is 5.69 Å². The zero-order valence-corrected chi connectivity index (χ0v) is 10.9. The second-order valence-electron chi connectivity index (χ2n) is 4.17. The van der Waals surface area contributed by atoms with Gasteiger partial charge in [-0.25, -0.2) is 13.6 Å². The highest BCUT2D eigenvalue weighted by atomic mass is 19.1. The number of aryl methyl sites for hydroxylation is 2. The highest BCUT2D eigenvalue weighted by Crippen LogP contribution is 2.21. The standard InChI is InChI=1S/C12H13F2N5O/c1-6-10(15)11(19(2)18-6)17-12(20)16-9-4-3-7(13)5-8(9)14/h3-5H,15H2,1-2H3,(H2,16,17,20). The molecule has 0 aliphatic carbocycles. The third-order valence-electron chi connectivity index (χ3n) is 2.68. The van der Waals surface area contributed by atoms with Crippen molar-refractivity contribution in [2.45, 2.75) is 6.92 Å². The van der Waals surface area contributed by atoms with Crippen molar-refractivity contribution in [3.63, 3.8) is 0 Å². The van der Waals surface area contributed by atoms with E-state index in [4.69, 9.17) is 5.73 Å². The molecule has 2 amide bonds. The van der Waals surface area contributed by atoms with Crippen molar-refractivity contribution in [2.75, 3.05) is 16.4 Å². The second kappa shape index (κ2) is 5.16. The fraction of sp³-hybridized carbons (Fsp3) is 0.167. The van der Waals surface area contributed by atoms with Gasteiger partial charge in [0.05, 0.1) is 17.1 Å². The molecule has 106 valence electrons. The minimum absolute atomic E-state index is 0.138. The Hall–Kier alpha value is -2.64. The predicted octanol–water partition coefficient (Wildman–Crippen LogP) is 2.23. The first kappa shape index (κ1) is 13.8. The van der Waals surface area contributed by atoms with Gasteiger partial charge >= 0.3 is 6.03 Å². The first-order valence-electron chi connectivity index (χ1n) is 5.70. The first-order valence-corrected chi connectivity index (χ1v) is 5.70. The first-order chi connectivity index (χ1) is 9.38. The van der Waals surface area contributed by atoms with Crippen molar-refractivity contribution in [2.24, 2.45) is 7.05 Å². The van der Waals surface area contributed by atoms with Gasteiger partial charge in [-0.05, 0) is 19.1 Å². The molecular formula is C12H13F2N5O. The van der Waals surface area contributed by atoms with Gasteiger partial charge in [0.15, 0.2) is 5.82 Å². The van der Waals surface area contributed by atoms with Crippen molar-refractivity contribution < 1.29 is 13.6 Å². The van der Waals surface area contributed by atoms with Gasteiger partial charge in [0.25, 0.3) is 0 Å². The number of hydrogen-bond acceptors (Lipinski definition) is 3. The number of nitrogens with one attached hydrogen (secondary N) is 2. The van der Waals surface area contributed by atoms with E-state index in [0.717, 1.165) is 12.1 Å². The Labute approximate surface area is 113 Å².